The number of rotatable bonds is 4. The molecule has 0 saturated heterocycles. The molecule has 0 aliphatic carbocycles. The Kier molecular flexibility index (Phi) is 3.76. The molecule has 0 N–H and O–H groups in total. The highest BCUT2D eigenvalue weighted by molar-refractivity contribution is 7.12. The van der Waals surface area contributed by atoms with Gasteiger partial charge in [-0.25, -0.2) is 0 Å². The summed E-state index contributed by atoms with van der Waals surface area (Å²) in [4.78, 5) is 12.3. The van der Waals surface area contributed by atoms with Crippen LogP contribution in [0.2, 0.25) is 0 Å². The lowest BCUT2D eigenvalue weighted by atomic mass is 10.1. The van der Waals surface area contributed by atoms with Gasteiger partial charge in [-0.3, -0.25) is 4.79 Å². The molecule has 1 heterocycles. The number of aryl methyl sites for hydroxylation is 1. The van der Waals surface area contributed by atoms with Gasteiger partial charge >= 0.3 is 0 Å². The average Bonchev–Trinajstić information content (AvgIpc) is 2.47. The Bertz CT molecular complexity index is 267. The monoisotopic (exact) mass is 202 g/mol. The maximum absolute atomic E-state index is 11.4. The van der Waals surface area contributed by atoms with E-state index in [1.54, 1.807) is 0 Å². The number of halogens is 1. The zero-order valence-corrected chi connectivity index (χ0v) is 8.54. The zero-order valence-electron chi connectivity index (χ0n) is 6.97. The minimum atomic E-state index is 0.225. The average molecular weight is 203 g/mol. The summed E-state index contributed by atoms with van der Waals surface area (Å²) in [5.74, 6) is 0.791. The van der Waals surface area contributed by atoms with Crippen LogP contribution < -0.4 is 0 Å². The number of carbonyl (C=O) groups excluding carboxylic acids is 1. The number of hydrogen-bond donors (Lipinski definition) is 0. The van der Waals surface area contributed by atoms with Crippen LogP contribution in [0.5, 0.6) is 0 Å². The first-order valence-electron chi connectivity index (χ1n) is 3.89. The van der Waals surface area contributed by atoms with Crippen molar-refractivity contribution in [3.05, 3.63) is 21.9 Å². The Labute approximate surface area is 81.4 Å². The maximum atomic E-state index is 11.4. The van der Waals surface area contributed by atoms with Crippen molar-refractivity contribution in [2.75, 3.05) is 5.88 Å². The molecular formula is C9H11ClOS. The van der Waals surface area contributed by atoms with Crippen molar-refractivity contribution in [2.24, 2.45) is 0 Å². The van der Waals surface area contributed by atoms with Crippen LogP contribution in [-0.2, 0) is 0 Å². The van der Waals surface area contributed by atoms with Gasteiger partial charge in [0.1, 0.15) is 0 Å². The largest absolute Gasteiger partial charge is 0.293 e. The van der Waals surface area contributed by atoms with Gasteiger partial charge < -0.3 is 0 Å². The summed E-state index contributed by atoms with van der Waals surface area (Å²) in [7, 11) is 0. The molecule has 0 saturated carbocycles. The molecule has 0 unspecified atom stereocenters. The Morgan fingerprint density at radius 2 is 2.42 bits per heavy atom. The fourth-order valence-corrected chi connectivity index (χ4v) is 2.03. The molecule has 3 heteroatoms. The van der Waals surface area contributed by atoms with E-state index >= 15 is 0 Å². The highest BCUT2D eigenvalue weighted by Crippen LogP contribution is 2.18. The maximum Gasteiger partial charge on any atom is 0.173 e. The van der Waals surface area contributed by atoms with Crippen LogP contribution in [-0.4, -0.2) is 11.7 Å². The molecule has 66 valence electrons. The Hall–Kier alpha value is -0.340. The lowest BCUT2D eigenvalue weighted by molar-refractivity contribution is 0.0985. The van der Waals surface area contributed by atoms with Crippen molar-refractivity contribution in [1.82, 2.24) is 0 Å². The first kappa shape index (κ1) is 9.75. The lowest BCUT2D eigenvalue weighted by Crippen LogP contribution is -1.97. The molecule has 12 heavy (non-hydrogen) atoms. The van der Waals surface area contributed by atoms with E-state index in [2.05, 4.69) is 0 Å². The summed E-state index contributed by atoms with van der Waals surface area (Å²) in [6.07, 6.45) is 1.35. The highest BCUT2D eigenvalue weighted by Gasteiger charge is 2.08. The quantitative estimate of drug-likeness (QED) is 0.541. The molecular weight excluding hydrogens is 192 g/mol. The molecule has 0 aliphatic rings. The van der Waals surface area contributed by atoms with Crippen LogP contribution in [0.15, 0.2) is 11.4 Å². The summed E-state index contributed by atoms with van der Waals surface area (Å²) in [6.45, 7) is 1.96. The predicted octanol–water partition coefficient (Wildman–Crippen LogP) is 3.26. The van der Waals surface area contributed by atoms with Crippen LogP contribution in [0.4, 0.5) is 0 Å². The van der Waals surface area contributed by atoms with Crippen molar-refractivity contribution in [2.45, 2.75) is 19.8 Å². The van der Waals surface area contributed by atoms with Gasteiger partial charge in [-0.2, -0.15) is 0 Å². The SMILES string of the molecule is Cc1ccsc1C(=O)CCCCl. The lowest BCUT2D eigenvalue weighted by Gasteiger charge is -1.96. The molecule has 0 radical (unpaired) electrons. The van der Waals surface area contributed by atoms with Crippen molar-refractivity contribution in [1.29, 1.82) is 0 Å². The number of hydrogen-bond acceptors (Lipinski definition) is 2. The van der Waals surface area contributed by atoms with Crippen LogP contribution in [0, 0.1) is 6.92 Å². The molecule has 1 nitrogen and oxygen atoms in total. The van der Waals surface area contributed by atoms with E-state index in [1.807, 2.05) is 18.4 Å². The fourth-order valence-electron chi connectivity index (χ4n) is 0.999. The predicted molar refractivity (Wildman–Crippen MR) is 53.3 cm³/mol. The van der Waals surface area contributed by atoms with Crippen LogP contribution in [0.3, 0.4) is 0 Å². The van der Waals surface area contributed by atoms with E-state index in [9.17, 15) is 4.79 Å². The van der Waals surface area contributed by atoms with Gasteiger partial charge in [0.05, 0.1) is 4.88 Å². The molecule has 1 aromatic heterocycles. The van der Waals surface area contributed by atoms with E-state index < -0.39 is 0 Å². The van der Waals surface area contributed by atoms with Crippen molar-refractivity contribution in [3.63, 3.8) is 0 Å². The van der Waals surface area contributed by atoms with Gasteiger partial charge in [-0.1, -0.05) is 0 Å². The molecule has 0 spiro atoms. The number of carbonyl (C=O) groups is 1. The van der Waals surface area contributed by atoms with E-state index in [0.717, 1.165) is 16.9 Å². The van der Waals surface area contributed by atoms with Crippen molar-refractivity contribution < 1.29 is 4.79 Å². The van der Waals surface area contributed by atoms with Gasteiger partial charge in [0.25, 0.3) is 0 Å². The topological polar surface area (TPSA) is 17.1 Å². The highest BCUT2D eigenvalue weighted by atomic mass is 35.5. The number of Topliss-reactive ketones (excluding diaryl/α,β-unsaturated/α-hetero) is 1. The summed E-state index contributed by atoms with van der Waals surface area (Å²) in [5, 5.41) is 1.95. The number of alkyl halides is 1. The minimum Gasteiger partial charge on any atom is -0.293 e. The second-order valence-corrected chi connectivity index (χ2v) is 3.94. The third kappa shape index (κ3) is 2.32. The molecule has 0 atom stereocenters. The Morgan fingerprint density at radius 3 is 2.92 bits per heavy atom. The molecule has 1 rings (SSSR count). The van der Waals surface area contributed by atoms with E-state index in [4.69, 9.17) is 11.6 Å². The third-order valence-corrected chi connectivity index (χ3v) is 2.98. The molecule has 1 aromatic rings. The standard InChI is InChI=1S/C9H11ClOS/c1-7-4-6-12-9(7)8(11)3-2-5-10/h4,6H,2-3,5H2,1H3. The van der Waals surface area contributed by atoms with Crippen LogP contribution >= 0.6 is 22.9 Å². The molecule has 0 bridgehead atoms. The molecule has 0 aliphatic heterocycles. The van der Waals surface area contributed by atoms with E-state index in [-0.39, 0.29) is 5.78 Å². The van der Waals surface area contributed by atoms with E-state index in [1.165, 1.54) is 11.3 Å². The second kappa shape index (κ2) is 4.63. The normalized spacial score (nSPS) is 10.2. The summed E-state index contributed by atoms with van der Waals surface area (Å²) in [6, 6.07) is 1.97. The summed E-state index contributed by atoms with van der Waals surface area (Å²) in [5.41, 5.74) is 1.08. The van der Waals surface area contributed by atoms with Gasteiger partial charge in [0.15, 0.2) is 5.78 Å². The van der Waals surface area contributed by atoms with Gasteiger partial charge in [-0.15, -0.1) is 22.9 Å². The van der Waals surface area contributed by atoms with Gasteiger partial charge in [-0.05, 0) is 30.4 Å². The van der Waals surface area contributed by atoms with Crippen molar-refractivity contribution >= 4 is 28.7 Å². The summed E-state index contributed by atoms with van der Waals surface area (Å²) >= 11 is 7.01. The minimum absolute atomic E-state index is 0.225. The number of thiophene rings is 1. The molecule has 0 fully saturated rings. The van der Waals surface area contributed by atoms with Gasteiger partial charge in [0.2, 0.25) is 0 Å². The Morgan fingerprint density at radius 1 is 1.67 bits per heavy atom. The number of ketones is 1. The summed E-state index contributed by atoms with van der Waals surface area (Å²) < 4.78 is 0. The zero-order chi connectivity index (χ0) is 8.97. The smallest absolute Gasteiger partial charge is 0.173 e. The first-order valence-corrected chi connectivity index (χ1v) is 5.30. The first-order chi connectivity index (χ1) is 5.75. The van der Waals surface area contributed by atoms with Gasteiger partial charge in [0, 0.05) is 12.3 Å². The third-order valence-electron chi connectivity index (χ3n) is 1.65. The molecule has 0 aromatic carbocycles. The second-order valence-electron chi connectivity index (χ2n) is 2.65. The Balaban J connectivity index is 2.59. The fraction of sp³-hybridized carbons (Fsp3) is 0.444. The van der Waals surface area contributed by atoms with Crippen LogP contribution in [0.25, 0.3) is 0 Å². The van der Waals surface area contributed by atoms with Crippen LogP contribution in [0.1, 0.15) is 28.1 Å². The van der Waals surface area contributed by atoms with Crippen molar-refractivity contribution in [3.8, 4) is 0 Å². The molecule has 0 amide bonds. The van der Waals surface area contributed by atoms with E-state index in [0.29, 0.717) is 12.3 Å².